The second kappa shape index (κ2) is 19.7. The third kappa shape index (κ3) is 8.07. The maximum absolute atomic E-state index is 6.69. The highest BCUT2D eigenvalue weighted by molar-refractivity contribution is 7.26. The summed E-state index contributed by atoms with van der Waals surface area (Å²) < 4.78 is 22.5. The van der Waals surface area contributed by atoms with E-state index in [2.05, 4.69) is 243 Å². The monoisotopic (exact) mass is 1220 g/mol. The first-order chi connectivity index (χ1) is 45.4. The van der Waals surface area contributed by atoms with Crippen LogP contribution in [0.4, 0.5) is 0 Å². The Labute approximate surface area is 536 Å². The van der Waals surface area contributed by atoms with Crippen LogP contribution >= 0.6 is 11.3 Å². The minimum Gasteiger partial charge on any atom is -0.450 e. The van der Waals surface area contributed by atoms with Crippen molar-refractivity contribution in [2.45, 2.75) is 71.1 Å². The molecule has 0 amide bonds. The number of nitrogens with zero attached hydrogens (tertiary/aromatic N) is 9. The molecular weight excluding hydrogens is 1160 g/mol. The molecule has 0 fully saturated rings. The van der Waals surface area contributed by atoms with Gasteiger partial charge in [0.1, 0.15) is 39.7 Å². The Morgan fingerprint density at radius 1 is 0.398 bits per heavy atom. The highest BCUT2D eigenvalue weighted by atomic mass is 32.1. The summed E-state index contributed by atoms with van der Waals surface area (Å²) in [6.07, 6.45) is 1.42. The standard InChI is InChI=1S/C81H59N9O2S/c1-45(74-82-68-54-25-11-18-32-64(54)91-71(68)75(85-74)88-58-28-14-7-21-50(58)51-22-8-15-29-59(51)88)41-46-36-39-62-57(43-46)52-23-9-16-30-60(52)89(62)77-73-70(56-27-13-20-34-66(56)93-73)84-79(87-77)81(5,6)44-47-35-38-49-48(42-47)37-40-63-67(49)53-24-10-17-31-61(53)90(63)76-72-69(83-78(86-76)80(2,3)4)55-26-12-19-33-65(55)92-72/h7-40,42-43,45H,41,44H2,1-6H3. The number of thiophene rings is 1. The fourth-order valence-corrected chi connectivity index (χ4v) is 15.9. The highest BCUT2D eigenvalue weighted by Gasteiger charge is 2.31. The Balaban J connectivity index is 0.710. The molecule has 0 aliphatic carbocycles. The zero-order chi connectivity index (χ0) is 62.2. The normalized spacial score (nSPS) is 13.1. The molecule has 0 radical (unpaired) electrons. The van der Waals surface area contributed by atoms with Gasteiger partial charge >= 0.3 is 0 Å². The van der Waals surface area contributed by atoms with E-state index >= 15 is 0 Å². The lowest BCUT2D eigenvalue weighted by Crippen LogP contribution is -2.24. The van der Waals surface area contributed by atoms with E-state index in [0.717, 1.165) is 138 Å². The molecule has 1 unspecified atom stereocenters. The van der Waals surface area contributed by atoms with E-state index in [4.69, 9.17) is 38.7 Å². The van der Waals surface area contributed by atoms with Gasteiger partial charge in [-0.1, -0.05) is 187 Å². The van der Waals surface area contributed by atoms with Gasteiger partial charge < -0.3 is 8.83 Å². The van der Waals surface area contributed by atoms with Gasteiger partial charge in [-0.05, 0) is 108 Å². The summed E-state index contributed by atoms with van der Waals surface area (Å²) in [6.45, 7) is 13.3. The Bertz CT molecular complexity index is 6330. The molecule has 9 aromatic heterocycles. The van der Waals surface area contributed by atoms with E-state index in [1.165, 1.54) is 37.4 Å². The van der Waals surface area contributed by atoms with Crippen LogP contribution in [-0.2, 0) is 23.7 Å². The smallest absolute Gasteiger partial charge is 0.197 e. The Morgan fingerprint density at radius 2 is 0.892 bits per heavy atom. The molecule has 10 aromatic carbocycles. The van der Waals surface area contributed by atoms with Gasteiger partial charge in [0, 0.05) is 69.9 Å². The summed E-state index contributed by atoms with van der Waals surface area (Å²) in [7, 11) is 0. The summed E-state index contributed by atoms with van der Waals surface area (Å²) in [4.78, 5) is 32.7. The van der Waals surface area contributed by atoms with E-state index in [9.17, 15) is 0 Å². The van der Waals surface area contributed by atoms with Crippen LogP contribution in [-0.4, -0.2) is 43.6 Å². The Morgan fingerprint density at radius 3 is 1.56 bits per heavy atom. The van der Waals surface area contributed by atoms with Crippen LogP contribution in [0.1, 0.15) is 76.1 Å². The van der Waals surface area contributed by atoms with Crippen molar-refractivity contribution in [3.8, 4) is 17.5 Å². The number of para-hydroxylation sites is 6. The second-order valence-corrected chi connectivity index (χ2v) is 27.9. The predicted octanol–water partition coefficient (Wildman–Crippen LogP) is 20.8. The highest BCUT2D eigenvalue weighted by Crippen LogP contribution is 2.45. The maximum atomic E-state index is 6.69. The fraction of sp³-hybridized carbons (Fsp3) is 0.136. The molecule has 0 aliphatic heterocycles. The molecule has 0 N–H and O–H groups in total. The van der Waals surface area contributed by atoms with Crippen molar-refractivity contribution < 1.29 is 8.83 Å². The molecule has 19 aromatic rings. The van der Waals surface area contributed by atoms with Crippen LogP contribution in [0.3, 0.4) is 0 Å². The molecule has 93 heavy (non-hydrogen) atoms. The predicted molar refractivity (Wildman–Crippen MR) is 382 cm³/mol. The van der Waals surface area contributed by atoms with E-state index in [1.54, 1.807) is 11.3 Å². The van der Waals surface area contributed by atoms with E-state index < -0.39 is 5.41 Å². The van der Waals surface area contributed by atoms with E-state index in [0.29, 0.717) is 24.0 Å². The van der Waals surface area contributed by atoms with Crippen molar-refractivity contribution in [3.63, 3.8) is 0 Å². The summed E-state index contributed by atoms with van der Waals surface area (Å²) in [5, 5.41) is 12.4. The molecule has 9 heterocycles. The third-order valence-electron chi connectivity index (χ3n) is 19.2. The number of furan rings is 2. The lowest BCUT2D eigenvalue weighted by atomic mass is 9.84. The zero-order valence-electron chi connectivity index (χ0n) is 52.0. The van der Waals surface area contributed by atoms with Gasteiger partial charge in [0.15, 0.2) is 28.6 Å². The van der Waals surface area contributed by atoms with Gasteiger partial charge in [0.25, 0.3) is 0 Å². The number of aromatic nitrogens is 9. The number of rotatable bonds is 9. The molecule has 0 bridgehead atoms. The first kappa shape index (κ1) is 53.7. The van der Waals surface area contributed by atoms with Gasteiger partial charge in [0.2, 0.25) is 0 Å². The number of fused-ring (bicyclic) bond motifs is 20. The lowest BCUT2D eigenvalue weighted by molar-refractivity contribution is 0.488. The third-order valence-corrected chi connectivity index (χ3v) is 20.4. The largest absolute Gasteiger partial charge is 0.450 e. The SMILES string of the molecule is CC(Cc1ccc2c(c1)c1ccccc1n2-c1nc(C(C)(C)Cc2ccc3c(ccc4c3c3ccccc3n4-c3nc(C(C)(C)C)nc4c3oc3ccccc34)c2)nc2c1sc1ccccc12)c1nc(-n2c3ccccc3c3ccccc32)c2oc3ccccc3c2n1. The van der Waals surface area contributed by atoms with Crippen molar-refractivity contribution in [1.82, 2.24) is 43.6 Å². The van der Waals surface area contributed by atoms with Crippen molar-refractivity contribution in [3.05, 3.63) is 247 Å². The fourth-order valence-electron chi connectivity index (χ4n) is 14.8. The quantitative estimate of drug-likeness (QED) is 0.140. The van der Waals surface area contributed by atoms with Crippen LogP contribution in [0, 0.1) is 0 Å². The number of benzene rings is 10. The first-order valence-electron chi connectivity index (χ1n) is 31.9. The summed E-state index contributed by atoms with van der Waals surface area (Å²) in [5.74, 6) is 4.65. The maximum Gasteiger partial charge on any atom is 0.197 e. The van der Waals surface area contributed by atoms with Gasteiger partial charge in [-0.25, -0.2) is 29.9 Å². The van der Waals surface area contributed by atoms with Gasteiger partial charge in [-0.15, -0.1) is 11.3 Å². The first-order valence-corrected chi connectivity index (χ1v) is 32.8. The Kier molecular flexibility index (Phi) is 11.4. The lowest BCUT2D eigenvalue weighted by Gasteiger charge is -2.24. The molecule has 0 saturated heterocycles. The van der Waals surface area contributed by atoms with Crippen molar-refractivity contribution in [2.75, 3.05) is 0 Å². The van der Waals surface area contributed by atoms with Crippen LogP contribution < -0.4 is 0 Å². The van der Waals surface area contributed by atoms with Gasteiger partial charge in [-0.3, -0.25) is 13.7 Å². The number of hydrogen-bond donors (Lipinski definition) is 0. The minimum absolute atomic E-state index is 0.0520. The molecule has 0 saturated carbocycles. The molecule has 1 atom stereocenters. The molecule has 12 heteroatoms. The average molecular weight is 1220 g/mol. The summed E-state index contributed by atoms with van der Waals surface area (Å²) in [5.41, 5.74) is 13.6. The van der Waals surface area contributed by atoms with Crippen LogP contribution in [0.15, 0.2) is 227 Å². The van der Waals surface area contributed by atoms with Crippen molar-refractivity contribution in [1.29, 1.82) is 0 Å². The van der Waals surface area contributed by atoms with Crippen molar-refractivity contribution >= 4 is 152 Å². The van der Waals surface area contributed by atoms with Crippen molar-refractivity contribution in [2.24, 2.45) is 0 Å². The molecule has 0 spiro atoms. The van der Waals surface area contributed by atoms with Gasteiger partial charge in [-0.2, -0.15) is 0 Å². The average Bonchev–Trinajstić information content (AvgIpc) is 1.59. The molecule has 0 aliphatic rings. The molecule has 446 valence electrons. The van der Waals surface area contributed by atoms with Crippen LogP contribution in [0.5, 0.6) is 0 Å². The number of hydrogen-bond acceptors (Lipinski definition) is 9. The van der Waals surface area contributed by atoms with Crippen LogP contribution in [0.25, 0.3) is 158 Å². The summed E-state index contributed by atoms with van der Waals surface area (Å²) in [6, 6.07) is 77.9. The molecular formula is C81H59N9O2S. The van der Waals surface area contributed by atoms with E-state index in [-0.39, 0.29) is 11.3 Å². The molecule has 19 rings (SSSR count). The molecule has 11 nitrogen and oxygen atoms in total. The second-order valence-electron chi connectivity index (χ2n) is 26.8. The van der Waals surface area contributed by atoms with E-state index in [1.807, 2.05) is 30.3 Å². The van der Waals surface area contributed by atoms with Crippen LogP contribution in [0.2, 0.25) is 0 Å². The van der Waals surface area contributed by atoms with Gasteiger partial charge in [0.05, 0.1) is 43.3 Å². The zero-order valence-corrected chi connectivity index (χ0v) is 52.8. The Hall–Kier alpha value is -11.1. The topological polar surface area (TPSA) is 118 Å². The minimum atomic E-state index is -0.493. The summed E-state index contributed by atoms with van der Waals surface area (Å²) >= 11 is 1.76.